The molecule has 3 rings (SSSR count). The highest BCUT2D eigenvalue weighted by Crippen LogP contribution is 2.28. The van der Waals surface area contributed by atoms with Crippen molar-refractivity contribution in [2.45, 2.75) is 12.5 Å². The van der Waals surface area contributed by atoms with Crippen LogP contribution in [0.1, 0.15) is 6.42 Å². The van der Waals surface area contributed by atoms with Crippen molar-refractivity contribution < 1.29 is 14.3 Å². The van der Waals surface area contributed by atoms with Crippen LogP contribution in [-0.4, -0.2) is 60.9 Å². The van der Waals surface area contributed by atoms with Gasteiger partial charge in [0.05, 0.1) is 18.8 Å². The van der Waals surface area contributed by atoms with Crippen LogP contribution in [-0.2, 0) is 9.59 Å². The third kappa shape index (κ3) is 2.79. The van der Waals surface area contributed by atoms with E-state index in [-0.39, 0.29) is 18.4 Å². The standard InChI is InChI=1S/C15H19N3O3/c1-17-7-4-8-18(10-14(17)19)15(20)13-9-16-11-5-2-3-6-12(11)21-13/h2-3,5-6,13,16H,4,7-10H2,1H3. The number of hydrogen-bond acceptors (Lipinski definition) is 4. The van der Waals surface area contributed by atoms with Gasteiger partial charge in [-0.2, -0.15) is 0 Å². The number of anilines is 1. The van der Waals surface area contributed by atoms with Gasteiger partial charge in [-0.05, 0) is 18.6 Å². The van der Waals surface area contributed by atoms with Crippen LogP contribution in [0.25, 0.3) is 0 Å². The van der Waals surface area contributed by atoms with Crippen LogP contribution < -0.4 is 10.1 Å². The molecule has 6 nitrogen and oxygen atoms in total. The van der Waals surface area contributed by atoms with Gasteiger partial charge in [0.1, 0.15) is 5.75 Å². The van der Waals surface area contributed by atoms with Gasteiger partial charge in [-0.1, -0.05) is 12.1 Å². The van der Waals surface area contributed by atoms with Crippen LogP contribution in [0.5, 0.6) is 5.75 Å². The molecule has 112 valence electrons. The normalized spacial score (nSPS) is 22.0. The highest BCUT2D eigenvalue weighted by atomic mass is 16.5. The van der Waals surface area contributed by atoms with E-state index in [0.29, 0.717) is 25.4 Å². The molecular formula is C15H19N3O3. The molecule has 2 amide bonds. The smallest absolute Gasteiger partial charge is 0.265 e. The van der Waals surface area contributed by atoms with E-state index in [9.17, 15) is 9.59 Å². The van der Waals surface area contributed by atoms with E-state index in [4.69, 9.17) is 4.74 Å². The van der Waals surface area contributed by atoms with Gasteiger partial charge in [-0.3, -0.25) is 9.59 Å². The van der Waals surface area contributed by atoms with E-state index in [1.54, 1.807) is 16.8 Å². The Balaban J connectivity index is 1.70. The number of para-hydroxylation sites is 2. The minimum absolute atomic E-state index is 0.0231. The Kier molecular flexibility index (Phi) is 3.68. The van der Waals surface area contributed by atoms with Crippen molar-refractivity contribution in [3.63, 3.8) is 0 Å². The van der Waals surface area contributed by atoms with E-state index >= 15 is 0 Å². The molecule has 0 bridgehead atoms. The first kappa shape index (κ1) is 13.7. The summed E-state index contributed by atoms with van der Waals surface area (Å²) in [6, 6.07) is 7.54. The second kappa shape index (κ2) is 5.63. The lowest BCUT2D eigenvalue weighted by molar-refractivity contribution is -0.142. The van der Waals surface area contributed by atoms with Crippen molar-refractivity contribution in [3.05, 3.63) is 24.3 Å². The maximum absolute atomic E-state index is 12.6. The second-order valence-corrected chi connectivity index (χ2v) is 5.41. The number of benzene rings is 1. The van der Waals surface area contributed by atoms with Gasteiger partial charge in [0.15, 0.2) is 6.10 Å². The summed E-state index contributed by atoms with van der Waals surface area (Å²) in [5.74, 6) is 0.533. The molecule has 1 aromatic rings. The number of fused-ring (bicyclic) bond motifs is 1. The van der Waals surface area contributed by atoms with Crippen molar-refractivity contribution in [2.75, 3.05) is 38.5 Å². The molecule has 6 heteroatoms. The van der Waals surface area contributed by atoms with Crippen molar-refractivity contribution in [3.8, 4) is 5.75 Å². The average molecular weight is 289 g/mol. The van der Waals surface area contributed by atoms with Gasteiger partial charge in [0, 0.05) is 20.1 Å². The first-order valence-electron chi connectivity index (χ1n) is 7.17. The summed E-state index contributed by atoms with van der Waals surface area (Å²) in [6.07, 6.45) is 0.223. The molecule has 21 heavy (non-hydrogen) atoms. The molecule has 2 heterocycles. The fourth-order valence-electron chi connectivity index (χ4n) is 2.63. The molecule has 2 aliphatic rings. The molecule has 1 unspecified atom stereocenters. The molecular weight excluding hydrogens is 270 g/mol. The van der Waals surface area contributed by atoms with E-state index < -0.39 is 6.10 Å². The maximum Gasteiger partial charge on any atom is 0.265 e. The highest BCUT2D eigenvalue weighted by molar-refractivity contribution is 5.88. The van der Waals surface area contributed by atoms with Gasteiger partial charge in [-0.15, -0.1) is 0 Å². The number of nitrogens with one attached hydrogen (secondary N) is 1. The van der Waals surface area contributed by atoms with Crippen molar-refractivity contribution >= 4 is 17.5 Å². The third-order valence-corrected chi connectivity index (χ3v) is 3.89. The third-order valence-electron chi connectivity index (χ3n) is 3.89. The highest BCUT2D eigenvalue weighted by Gasteiger charge is 2.32. The Hall–Kier alpha value is -2.24. The zero-order chi connectivity index (χ0) is 14.8. The molecule has 0 aromatic heterocycles. The summed E-state index contributed by atoms with van der Waals surface area (Å²) < 4.78 is 5.77. The lowest BCUT2D eigenvalue weighted by Gasteiger charge is -2.30. The fourth-order valence-corrected chi connectivity index (χ4v) is 2.63. The minimum Gasteiger partial charge on any atom is -0.477 e. The molecule has 1 aromatic carbocycles. The molecule has 2 aliphatic heterocycles. The number of nitrogens with zero attached hydrogens (tertiary/aromatic N) is 2. The lowest BCUT2D eigenvalue weighted by Crippen LogP contribution is -2.48. The monoisotopic (exact) mass is 289 g/mol. The Bertz CT molecular complexity index is 561. The number of hydrogen-bond donors (Lipinski definition) is 1. The summed E-state index contributed by atoms with van der Waals surface area (Å²) in [5, 5.41) is 3.20. The predicted molar refractivity (Wildman–Crippen MR) is 78.2 cm³/mol. The Labute approximate surface area is 123 Å². The van der Waals surface area contributed by atoms with Crippen LogP contribution >= 0.6 is 0 Å². The van der Waals surface area contributed by atoms with Crippen LogP contribution in [0.15, 0.2) is 24.3 Å². The van der Waals surface area contributed by atoms with Crippen LogP contribution in [0.2, 0.25) is 0 Å². The van der Waals surface area contributed by atoms with E-state index in [2.05, 4.69) is 5.32 Å². The molecule has 1 N–H and O–H groups in total. The number of ether oxygens (including phenoxy) is 1. The van der Waals surface area contributed by atoms with E-state index in [0.717, 1.165) is 12.1 Å². The zero-order valence-electron chi connectivity index (χ0n) is 12.0. The average Bonchev–Trinajstić information content (AvgIpc) is 2.68. The van der Waals surface area contributed by atoms with Gasteiger partial charge in [-0.25, -0.2) is 0 Å². The second-order valence-electron chi connectivity index (χ2n) is 5.41. The predicted octanol–water partition coefficient (Wildman–Crippen LogP) is 0.550. The Morgan fingerprint density at radius 1 is 1.33 bits per heavy atom. The van der Waals surface area contributed by atoms with E-state index in [1.165, 1.54) is 0 Å². The maximum atomic E-state index is 12.6. The Morgan fingerprint density at radius 3 is 3.00 bits per heavy atom. The number of likely N-dealkylation sites (N-methyl/N-ethyl adjacent to an activating group) is 1. The van der Waals surface area contributed by atoms with Gasteiger partial charge in [0.25, 0.3) is 5.91 Å². The molecule has 1 fully saturated rings. The number of rotatable bonds is 1. The topological polar surface area (TPSA) is 61.9 Å². The summed E-state index contributed by atoms with van der Waals surface area (Å²) in [5.41, 5.74) is 0.897. The molecule has 1 saturated heterocycles. The van der Waals surface area contributed by atoms with Crippen LogP contribution in [0.3, 0.4) is 0 Å². The first-order chi connectivity index (χ1) is 10.1. The molecule has 0 aliphatic carbocycles. The molecule has 0 saturated carbocycles. The van der Waals surface area contributed by atoms with Crippen molar-refractivity contribution in [1.29, 1.82) is 0 Å². The minimum atomic E-state index is -0.573. The zero-order valence-corrected chi connectivity index (χ0v) is 12.0. The first-order valence-corrected chi connectivity index (χ1v) is 7.17. The molecule has 1 atom stereocenters. The lowest BCUT2D eigenvalue weighted by atomic mass is 10.2. The Morgan fingerprint density at radius 2 is 2.14 bits per heavy atom. The van der Waals surface area contributed by atoms with Crippen molar-refractivity contribution in [1.82, 2.24) is 9.80 Å². The summed E-state index contributed by atoms with van der Waals surface area (Å²) >= 11 is 0. The van der Waals surface area contributed by atoms with Gasteiger partial charge in [0.2, 0.25) is 5.91 Å². The quantitative estimate of drug-likeness (QED) is 0.820. The van der Waals surface area contributed by atoms with Crippen LogP contribution in [0, 0.1) is 0 Å². The molecule has 0 spiro atoms. The number of carbonyl (C=O) groups excluding carboxylic acids is 2. The number of carbonyl (C=O) groups is 2. The largest absolute Gasteiger partial charge is 0.477 e. The van der Waals surface area contributed by atoms with Crippen LogP contribution in [0.4, 0.5) is 5.69 Å². The number of amides is 2. The fraction of sp³-hybridized carbons (Fsp3) is 0.467. The SMILES string of the molecule is CN1CCCN(C(=O)C2CNc3ccccc3O2)CC1=O. The summed E-state index contributed by atoms with van der Waals surface area (Å²) in [7, 11) is 1.77. The summed E-state index contributed by atoms with van der Waals surface area (Å²) in [4.78, 5) is 27.7. The molecule has 0 radical (unpaired) electrons. The summed E-state index contributed by atoms with van der Waals surface area (Å²) in [6.45, 7) is 1.85. The van der Waals surface area contributed by atoms with Gasteiger partial charge < -0.3 is 19.9 Å². The van der Waals surface area contributed by atoms with Gasteiger partial charge >= 0.3 is 0 Å². The van der Waals surface area contributed by atoms with E-state index in [1.807, 2.05) is 24.3 Å². The van der Waals surface area contributed by atoms with Crippen molar-refractivity contribution in [2.24, 2.45) is 0 Å².